The molecule has 2 rings (SSSR count). The van der Waals surface area contributed by atoms with Crippen LogP contribution in [0.4, 0.5) is 0 Å². The molecule has 2 heterocycles. The predicted molar refractivity (Wildman–Crippen MR) is 67.0 cm³/mol. The van der Waals surface area contributed by atoms with Crippen LogP contribution in [0.5, 0.6) is 0 Å². The number of hydrogen-bond donors (Lipinski definition) is 1. The molecule has 1 saturated heterocycles. The lowest BCUT2D eigenvalue weighted by molar-refractivity contribution is -0.00508. The van der Waals surface area contributed by atoms with Crippen LogP contribution in [-0.2, 0) is 14.6 Å². The molecule has 1 unspecified atom stereocenters. The Labute approximate surface area is 107 Å². The number of rotatable bonds is 4. The monoisotopic (exact) mass is 271 g/mol. The van der Waals surface area contributed by atoms with E-state index >= 15 is 0 Å². The summed E-state index contributed by atoms with van der Waals surface area (Å²) in [5.41, 5.74) is 0.596. The number of nitrogens with one attached hydrogen (secondary N) is 1. The van der Waals surface area contributed by atoms with Crippen molar-refractivity contribution in [1.82, 2.24) is 15.1 Å². The van der Waals surface area contributed by atoms with Gasteiger partial charge in [-0.25, -0.2) is 8.42 Å². The lowest BCUT2D eigenvalue weighted by atomic mass is 10.1. The maximum Gasteiger partial charge on any atom is 0.178 e. The zero-order valence-corrected chi connectivity index (χ0v) is 11.1. The largest absolute Gasteiger partial charge is 0.378 e. The summed E-state index contributed by atoms with van der Waals surface area (Å²) in [7, 11) is -3.28. The fourth-order valence-electron chi connectivity index (χ4n) is 2.11. The van der Waals surface area contributed by atoms with Crippen LogP contribution >= 0.6 is 0 Å². The van der Waals surface area contributed by atoms with E-state index in [1.54, 1.807) is 6.08 Å². The molecule has 0 aromatic carbocycles. The van der Waals surface area contributed by atoms with E-state index in [1.165, 1.54) is 12.5 Å². The van der Waals surface area contributed by atoms with E-state index < -0.39 is 9.84 Å². The van der Waals surface area contributed by atoms with Crippen molar-refractivity contribution < 1.29 is 13.2 Å². The number of hydrogen-bond acceptors (Lipinski definition) is 5. The molecule has 1 N–H and O–H groups in total. The van der Waals surface area contributed by atoms with E-state index in [1.807, 2.05) is 0 Å². The molecule has 18 heavy (non-hydrogen) atoms. The highest BCUT2D eigenvalue weighted by molar-refractivity contribution is 7.90. The third-order valence-corrected chi connectivity index (χ3v) is 4.09. The zero-order chi connectivity index (χ0) is 13.2. The van der Waals surface area contributed by atoms with Crippen LogP contribution in [0.2, 0.25) is 0 Å². The molecule has 1 atom stereocenters. The summed E-state index contributed by atoms with van der Waals surface area (Å²) in [6.07, 6.45) is 4.34. The molecule has 0 amide bonds. The lowest BCUT2D eigenvalue weighted by Gasteiger charge is -2.34. The maximum absolute atomic E-state index is 11.7. The Hall–Kier alpha value is -1.18. The molecule has 6 nitrogen and oxygen atoms in total. The summed E-state index contributed by atoms with van der Waals surface area (Å²) in [5.74, 6) is 0. The minimum atomic E-state index is -3.28. The third-order valence-electron chi connectivity index (χ3n) is 2.97. The SMILES string of the molecule is C=CCN1CCOCC1c1[nH]ncc1S(C)(=O)=O. The van der Waals surface area contributed by atoms with Gasteiger partial charge in [0.2, 0.25) is 0 Å². The molecule has 0 radical (unpaired) electrons. The molecular weight excluding hydrogens is 254 g/mol. The molecule has 0 bridgehead atoms. The highest BCUT2D eigenvalue weighted by Crippen LogP contribution is 2.27. The van der Waals surface area contributed by atoms with Gasteiger partial charge in [0, 0.05) is 19.3 Å². The quantitative estimate of drug-likeness (QED) is 0.801. The summed E-state index contributed by atoms with van der Waals surface area (Å²) >= 11 is 0. The van der Waals surface area contributed by atoms with E-state index in [0.29, 0.717) is 25.5 Å². The van der Waals surface area contributed by atoms with Gasteiger partial charge in [0.1, 0.15) is 4.90 Å². The summed E-state index contributed by atoms with van der Waals surface area (Å²) in [6.45, 7) is 6.26. The molecule has 0 spiro atoms. The first kappa shape index (κ1) is 13.3. The number of aromatic nitrogens is 2. The van der Waals surface area contributed by atoms with E-state index in [9.17, 15) is 8.42 Å². The van der Waals surface area contributed by atoms with Crippen LogP contribution in [0.15, 0.2) is 23.7 Å². The highest BCUT2D eigenvalue weighted by atomic mass is 32.2. The van der Waals surface area contributed by atoms with Crippen molar-refractivity contribution in [2.75, 3.05) is 32.6 Å². The summed E-state index contributed by atoms with van der Waals surface area (Å²) in [4.78, 5) is 2.37. The van der Waals surface area contributed by atoms with Crippen LogP contribution in [0, 0.1) is 0 Å². The highest BCUT2D eigenvalue weighted by Gasteiger charge is 2.29. The first-order valence-corrected chi connectivity index (χ1v) is 7.59. The molecule has 100 valence electrons. The fourth-order valence-corrected chi connectivity index (χ4v) is 2.93. The van der Waals surface area contributed by atoms with Crippen molar-refractivity contribution >= 4 is 9.84 Å². The molecule has 0 aliphatic carbocycles. The van der Waals surface area contributed by atoms with Crippen LogP contribution in [0.3, 0.4) is 0 Å². The predicted octanol–water partition coefficient (Wildman–Crippen LogP) is 0.373. The van der Waals surface area contributed by atoms with Gasteiger partial charge in [-0.1, -0.05) is 6.08 Å². The molecule has 1 aromatic rings. The molecule has 0 saturated carbocycles. The van der Waals surface area contributed by atoms with Crippen molar-refractivity contribution in [1.29, 1.82) is 0 Å². The normalized spacial score (nSPS) is 21.9. The first-order valence-electron chi connectivity index (χ1n) is 5.70. The topological polar surface area (TPSA) is 75.3 Å². The van der Waals surface area contributed by atoms with Gasteiger partial charge in [-0.2, -0.15) is 5.10 Å². The van der Waals surface area contributed by atoms with Crippen LogP contribution in [0.1, 0.15) is 11.7 Å². The molecule has 1 fully saturated rings. The average molecular weight is 271 g/mol. The summed E-state index contributed by atoms with van der Waals surface area (Å²) in [6, 6.07) is -0.121. The fraction of sp³-hybridized carbons (Fsp3) is 0.545. The van der Waals surface area contributed by atoms with Crippen molar-refractivity contribution in [3.05, 3.63) is 24.5 Å². The van der Waals surface area contributed by atoms with Gasteiger partial charge < -0.3 is 4.74 Å². The van der Waals surface area contributed by atoms with Crippen LogP contribution < -0.4 is 0 Å². The lowest BCUT2D eigenvalue weighted by Crippen LogP contribution is -2.40. The number of nitrogens with zero attached hydrogens (tertiary/aromatic N) is 2. The number of aromatic amines is 1. The smallest absolute Gasteiger partial charge is 0.178 e. The maximum atomic E-state index is 11.7. The molecular formula is C11H17N3O3S. The molecule has 7 heteroatoms. The van der Waals surface area contributed by atoms with Crippen molar-refractivity contribution in [3.63, 3.8) is 0 Å². The van der Waals surface area contributed by atoms with Gasteiger partial charge in [-0.15, -0.1) is 6.58 Å². The Bertz CT molecular complexity index is 523. The van der Waals surface area contributed by atoms with Gasteiger partial charge in [0.25, 0.3) is 0 Å². The third kappa shape index (κ3) is 2.63. The standard InChI is InChI=1S/C11H17N3O3S/c1-3-4-14-5-6-17-8-9(14)11-10(7-12-13-11)18(2,15)16/h3,7,9H,1,4-6,8H2,2H3,(H,12,13). The first-order chi connectivity index (χ1) is 8.54. The summed E-state index contributed by atoms with van der Waals surface area (Å²) in [5, 5.41) is 6.63. The van der Waals surface area contributed by atoms with Gasteiger partial charge in [-0.3, -0.25) is 10.00 Å². The second kappa shape index (κ2) is 5.21. The minimum absolute atomic E-state index is 0.121. The Kier molecular flexibility index (Phi) is 3.84. The number of ether oxygens (including phenoxy) is 1. The number of H-pyrrole nitrogens is 1. The Morgan fingerprint density at radius 3 is 3.17 bits per heavy atom. The zero-order valence-electron chi connectivity index (χ0n) is 10.3. The van der Waals surface area contributed by atoms with Crippen molar-refractivity contribution in [2.45, 2.75) is 10.9 Å². The van der Waals surface area contributed by atoms with E-state index in [2.05, 4.69) is 21.7 Å². The van der Waals surface area contributed by atoms with E-state index in [-0.39, 0.29) is 10.9 Å². The van der Waals surface area contributed by atoms with Gasteiger partial charge in [0.15, 0.2) is 9.84 Å². The second-order valence-electron chi connectivity index (χ2n) is 4.29. The Balaban J connectivity index is 2.34. The average Bonchev–Trinajstić information content (AvgIpc) is 2.78. The van der Waals surface area contributed by atoms with Crippen molar-refractivity contribution in [2.24, 2.45) is 0 Å². The van der Waals surface area contributed by atoms with Gasteiger partial charge in [-0.05, 0) is 0 Å². The molecule has 1 aliphatic rings. The minimum Gasteiger partial charge on any atom is -0.378 e. The van der Waals surface area contributed by atoms with E-state index in [0.717, 1.165) is 6.54 Å². The Morgan fingerprint density at radius 2 is 2.50 bits per heavy atom. The molecule has 1 aliphatic heterocycles. The second-order valence-corrected chi connectivity index (χ2v) is 6.28. The molecule has 1 aromatic heterocycles. The number of morpholine rings is 1. The van der Waals surface area contributed by atoms with Gasteiger partial charge in [0.05, 0.1) is 31.1 Å². The summed E-state index contributed by atoms with van der Waals surface area (Å²) < 4.78 is 28.8. The number of sulfone groups is 1. The van der Waals surface area contributed by atoms with E-state index in [4.69, 9.17) is 4.74 Å². The Morgan fingerprint density at radius 1 is 1.72 bits per heavy atom. The van der Waals surface area contributed by atoms with Crippen LogP contribution in [0.25, 0.3) is 0 Å². The van der Waals surface area contributed by atoms with Gasteiger partial charge >= 0.3 is 0 Å². The van der Waals surface area contributed by atoms with Crippen molar-refractivity contribution in [3.8, 4) is 0 Å². The van der Waals surface area contributed by atoms with Crippen LogP contribution in [-0.4, -0.2) is 56.1 Å².